The zero-order chi connectivity index (χ0) is 29.7. The molecule has 1 saturated heterocycles. The molecule has 224 valence electrons. The Labute approximate surface area is 251 Å². The van der Waals surface area contributed by atoms with Gasteiger partial charge in [0.2, 0.25) is 11.0 Å². The number of ether oxygens (including phenoxy) is 2. The lowest BCUT2D eigenvalue weighted by Gasteiger charge is -2.59. The molecule has 6 nitrogen and oxygen atoms in total. The molecule has 0 radical (unpaired) electrons. The molecule has 1 aliphatic heterocycles. The Hall–Kier alpha value is -1.98. The van der Waals surface area contributed by atoms with Crippen molar-refractivity contribution < 1.29 is 33.0 Å². The number of rotatable bonds is 5. The fourth-order valence-electron chi connectivity index (χ4n) is 9.04. The number of hydrogen-bond acceptors (Lipinski definition) is 8. The fraction of sp³-hybridized carbons (Fsp3) is 0.594. The second kappa shape index (κ2) is 9.76. The van der Waals surface area contributed by atoms with E-state index in [0.717, 1.165) is 47.3 Å². The summed E-state index contributed by atoms with van der Waals surface area (Å²) in [6.45, 7) is 5.02. The van der Waals surface area contributed by atoms with Gasteiger partial charge >= 0.3 is 0 Å². The van der Waals surface area contributed by atoms with Gasteiger partial charge in [-0.3, -0.25) is 9.59 Å². The monoisotopic (exact) mass is 615 g/mol. The zero-order valence-corrected chi connectivity index (χ0v) is 25.5. The van der Waals surface area contributed by atoms with Crippen LogP contribution in [0.15, 0.2) is 52.4 Å². The summed E-state index contributed by atoms with van der Waals surface area (Å²) in [6, 6.07) is 7.70. The highest BCUT2D eigenvalue weighted by atomic mass is 32.2. The first-order valence-electron chi connectivity index (χ1n) is 14.8. The van der Waals surface area contributed by atoms with Crippen LogP contribution in [0.1, 0.15) is 59.3 Å². The molecule has 6 unspecified atom stereocenters. The number of allylic oxidation sites excluding steroid dienone is 4. The molecule has 0 spiro atoms. The average Bonchev–Trinajstić information content (AvgIpc) is 3.57. The lowest BCUT2D eigenvalue weighted by Crippen LogP contribution is -2.62. The average molecular weight is 616 g/mol. The highest BCUT2D eigenvalue weighted by molar-refractivity contribution is 8.15. The third kappa shape index (κ3) is 4.23. The van der Waals surface area contributed by atoms with Crippen LogP contribution in [0.4, 0.5) is 8.78 Å². The van der Waals surface area contributed by atoms with Crippen LogP contribution in [-0.2, 0) is 19.1 Å². The van der Waals surface area contributed by atoms with Crippen LogP contribution in [0.2, 0.25) is 0 Å². The predicted molar refractivity (Wildman–Crippen MR) is 156 cm³/mol. The quantitative estimate of drug-likeness (QED) is 0.374. The van der Waals surface area contributed by atoms with Gasteiger partial charge in [-0.15, -0.1) is 11.3 Å². The number of carbonyl (C=O) groups excluding carboxylic acids is 2. The van der Waals surface area contributed by atoms with E-state index in [1.807, 2.05) is 37.3 Å². The number of para-hydroxylation sites is 1. The van der Waals surface area contributed by atoms with E-state index in [0.29, 0.717) is 17.2 Å². The number of alkyl halides is 2. The zero-order valence-electron chi connectivity index (χ0n) is 23.8. The number of benzene rings is 1. The number of thioether (sulfide) groups is 1. The Bertz CT molecular complexity index is 1480. The van der Waals surface area contributed by atoms with Gasteiger partial charge in [0.1, 0.15) is 0 Å². The third-order valence-corrected chi connectivity index (χ3v) is 13.0. The molecule has 3 saturated carbocycles. The van der Waals surface area contributed by atoms with E-state index < -0.39 is 47.3 Å². The molecule has 0 amide bonds. The van der Waals surface area contributed by atoms with Crippen LogP contribution in [-0.4, -0.2) is 51.0 Å². The van der Waals surface area contributed by atoms with E-state index in [-0.39, 0.29) is 35.1 Å². The van der Waals surface area contributed by atoms with Crippen molar-refractivity contribution in [3.63, 3.8) is 0 Å². The normalized spacial score (nSPS) is 40.8. The van der Waals surface area contributed by atoms with Crippen molar-refractivity contribution in [3.05, 3.63) is 48.1 Å². The van der Waals surface area contributed by atoms with Crippen LogP contribution in [0, 0.1) is 28.6 Å². The molecule has 0 bridgehead atoms. The second-order valence-corrected chi connectivity index (χ2v) is 15.6. The largest absolute Gasteiger partial charge is 0.393 e. The first-order chi connectivity index (χ1) is 19.8. The van der Waals surface area contributed by atoms with Gasteiger partial charge in [-0.2, -0.15) is 0 Å². The Kier molecular flexibility index (Phi) is 6.69. The minimum Gasteiger partial charge on any atom is -0.393 e. The van der Waals surface area contributed by atoms with Crippen molar-refractivity contribution in [1.82, 2.24) is 4.98 Å². The molecular formula is C32H35F2NO5S2. The molecule has 7 rings (SSSR count). The summed E-state index contributed by atoms with van der Waals surface area (Å²) in [5, 5.41) is 11.7. The summed E-state index contributed by atoms with van der Waals surface area (Å²) in [5.41, 5.74) is -0.770. The summed E-state index contributed by atoms with van der Waals surface area (Å²) in [6.07, 6.45) is 4.95. The fourth-order valence-corrected chi connectivity index (χ4v) is 11.3. The number of aromatic nitrogens is 1. The highest BCUT2D eigenvalue weighted by Gasteiger charge is 2.76. The smallest absolute Gasteiger partial charge is 0.245 e. The number of aliphatic hydroxyl groups is 1. The van der Waals surface area contributed by atoms with E-state index in [1.165, 1.54) is 11.3 Å². The number of carbonyl (C=O) groups is 2. The SMILES string of the molecule is CC(F)(F)CCC1O[C@H]2CC3C4CCC5=CC(=O)C=CC5(C)C4[C@@H](O)CC3(C)[C@]2(C(=O)Sc2nc3ccccc3s2)O1. The molecule has 1 aromatic carbocycles. The van der Waals surface area contributed by atoms with E-state index in [4.69, 9.17) is 9.47 Å². The number of ketones is 1. The molecule has 1 aromatic heterocycles. The van der Waals surface area contributed by atoms with Gasteiger partial charge in [-0.1, -0.05) is 37.6 Å². The van der Waals surface area contributed by atoms with Crippen LogP contribution in [0.3, 0.4) is 0 Å². The van der Waals surface area contributed by atoms with Gasteiger partial charge in [0.15, 0.2) is 22.0 Å². The lowest BCUT2D eigenvalue weighted by molar-refractivity contribution is -0.196. The lowest BCUT2D eigenvalue weighted by atomic mass is 9.46. The van der Waals surface area contributed by atoms with Crippen molar-refractivity contribution in [2.24, 2.45) is 28.6 Å². The number of halogens is 2. The number of thiazole rings is 1. The predicted octanol–water partition coefficient (Wildman–Crippen LogP) is 6.72. The Morgan fingerprint density at radius 1 is 1.29 bits per heavy atom. The van der Waals surface area contributed by atoms with Crippen LogP contribution in [0.25, 0.3) is 10.2 Å². The molecular weight excluding hydrogens is 580 g/mol. The molecule has 5 aliphatic rings. The molecule has 42 heavy (non-hydrogen) atoms. The molecule has 4 aliphatic carbocycles. The minimum atomic E-state index is -2.88. The van der Waals surface area contributed by atoms with Gasteiger partial charge in [-0.05, 0) is 80.5 Å². The van der Waals surface area contributed by atoms with E-state index in [2.05, 4.69) is 11.9 Å². The second-order valence-electron chi connectivity index (χ2n) is 13.3. The van der Waals surface area contributed by atoms with E-state index in [9.17, 15) is 23.5 Å². The van der Waals surface area contributed by atoms with Crippen LogP contribution in [0.5, 0.6) is 0 Å². The van der Waals surface area contributed by atoms with Gasteiger partial charge in [-0.25, -0.2) is 13.8 Å². The van der Waals surface area contributed by atoms with Gasteiger partial charge in [0, 0.05) is 29.6 Å². The molecule has 1 N–H and O–H groups in total. The molecule has 10 heteroatoms. The Morgan fingerprint density at radius 3 is 2.83 bits per heavy atom. The first kappa shape index (κ1) is 28.8. The number of fused-ring (bicyclic) bond motifs is 8. The van der Waals surface area contributed by atoms with Crippen molar-refractivity contribution >= 4 is 44.2 Å². The number of aliphatic hydroxyl groups excluding tert-OH is 1. The van der Waals surface area contributed by atoms with Crippen molar-refractivity contribution in [2.45, 2.75) is 93.7 Å². The summed E-state index contributed by atoms with van der Waals surface area (Å²) >= 11 is 2.47. The summed E-state index contributed by atoms with van der Waals surface area (Å²) in [7, 11) is 0. The molecule has 2 aromatic rings. The molecule has 2 heterocycles. The standard InChI is InChI=1S/C32H35F2NO5S2/c1-29-12-10-18(36)14-17(29)8-9-19-20-15-24-32(30(20,2)16-22(37)26(19)29,40-25(39-24)11-13-31(3,33)34)27(38)42-28-35-21-6-4-5-7-23(21)41-28/h4-7,10,12,14,19-20,22,24-26,37H,8-9,11,13,15-16H2,1-3H3/t19?,20?,22-,24-,25?,26?,29?,30?,32-/m0/s1. The van der Waals surface area contributed by atoms with Crippen LogP contribution < -0.4 is 0 Å². The van der Waals surface area contributed by atoms with Gasteiger partial charge in [0.25, 0.3) is 0 Å². The maximum absolute atomic E-state index is 14.5. The summed E-state index contributed by atoms with van der Waals surface area (Å²) in [5.74, 6) is -2.93. The highest BCUT2D eigenvalue weighted by Crippen LogP contribution is 2.70. The van der Waals surface area contributed by atoms with E-state index in [1.54, 1.807) is 12.2 Å². The Morgan fingerprint density at radius 2 is 2.07 bits per heavy atom. The molecule has 4 fully saturated rings. The van der Waals surface area contributed by atoms with Gasteiger partial charge in [0.05, 0.1) is 22.4 Å². The number of hydrogen-bond donors (Lipinski definition) is 1. The minimum absolute atomic E-state index is 0.00814. The van der Waals surface area contributed by atoms with Crippen LogP contribution >= 0.6 is 23.1 Å². The van der Waals surface area contributed by atoms with Crippen molar-refractivity contribution in [2.75, 3.05) is 0 Å². The Balaban J connectivity index is 1.25. The maximum atomic E-state index is 14.5. The topological polar surface area (TPSA) is 85.7 Å². The van der Waals surface area contributed by atoms with Crippen molar-refractivity contribution in [1.29, 1.82) is 0 Å². The van der Waals surface area contributed by atoms with Crippen molar-refractivity contribution in [3.8, 4) is 0 Å². The molecule has 9 atom stereocenters. The summed E-state index contributed by atoms with van der Waals surface area (Å²) in [4.78, 5) is 31.4. The number of nitrogens with zero attached hydrogens (tertiary/aromatic N) is 1. The van der Waals surface area contributed by atoms with Gasteiger partial charge < -0.3 is 14.6 Å². The maximum Gasteiger partial charge on any atom is 0.245 e. The summed E-state index contributed by atoms with van der Waals surface area (Å²) < 4.78 is 42.2. The third-order valence-electron chi connectivity index (χ3n) is 10.9. The first-order valence-corrected chi connectivity index (χ1v) is 16.4. The van der Waals surface area contributed by atoms with E-state index >= 15 is 0 Å².